The molecule has 3 rings (SSSR count). The first-order valence-electron chi connectivity index (χ1n) is 7.70. The van der Waals surface area contributed by atoms with E-state index in [1.807, 2.05) is 0 Å². The van der Waals surface area contributed by atoms with Crippen molar-refractivity contribution < 1.29 is 46.9 Å². The summed E-state index contributed by atoms with van der Waals surface area (Å²) in [5.74, 6) is -0.279. The fourth-order valence-corrected chi connectivity index (χ4v) is 4.39. The van der Waals surface area contributed by atoms with Crippen LogP contribution in [-0.4, -0.2) is 63.8 Å². The summed E-state index contributed by atoms with van der Waals surface area (Å²) >= 11 is 0. The van der Waals surface area contributed by atoms with Gasteiger partial charge in [0.1, 0.15) is 12.2 Å². The summed E-state index contributed by atoms with van der Waals surface area (Å²) < 4.78 is 51.7. The van der Waals surface area contributed by atoms with E-state index >= 15 is 4.39 Å². The number of nitrogens with two attached hydrogens (primary N) is 1. The number of alkyl halides is 1. The van der Waals surface area contributed by atoms with E-state index in [2.05, 4.69) is 23.8 Å². The highest BCUT2D eigenvalue weighted by Gasteiger charge is 2.56. The van der Waals surface area contributed by atoms with Gasteiger partial charge in [-0.25, -0.2) is 18.5 Å². The first-order valence-corrected chi connectivity index (χ1v) is 10.7. The van der Waals surface area contributed by atoms with Crippen LogP contribution in [0.4, 0.5) is 10.3 Å². The second-order valence-electron chi connectivity index (χ2n) is 6.23. The number of aliphatic hydroxyl groups excluding tert-OH is 1. The fourth-order valence-electron chi connectivity index (χ4n) is 2.79. The maximum atomic E-state index is 15.2. The van der Waals surface area contributed by atoms with Gasteiger partial charge in [0.25, 0.3) is 5.56 Å². The van der Waals surface area contributed by atoms with Gasteiger partial charge in [-0.1, -0.05) is 0 Å². The molecular weight excluding hydrogens is 443 g/mol. The number of rotatable bonds is 6. The highest BCUT2D eigenvalue weighted by molar-refractivity contribution is 7.60. The maximum absolute atomic E-state index is 15.2. The Morgan fingerprint density at radius 1 is 1.45 bits per heavy atom. The van der Waals surface area contributed by atoms with E-state index in [4.69, 9.17) is 20.3 Å². The molecule has 1 aliphatic rings. The van der Waals surface area contributed by atoms with Gasteiger partial charge in [0.05, 0.1) is 12.9 Å². The van der Waals surface area contributed by atoms with Gasteiger partial charge in [0.15, 0.2) is 23.1 Å². The van der Waals surface area contributed by atoms with Crippen molar-refractivity contribution in [1.29, 1.82) is 0 Å². The van der Waals surface area contributed by atoms with Gasteiger partial charge in [0.2, 0.25) is 5.95 Å². The summed E-state index contributed by atoms with van der Waals surface area (Å²) in [7, 11) is -10.6. The average Bonchev–Trinajstić information content (AvgIpc) is 3.04. The van der Waals surface area contributed by atoms with Gasteiger partial charge in [-0.3, -0.25) is 18.9 Å². The first-order chi connectivity index (χ1) is 13.2. The minimum absolute atomic E-state index is 0.147. The number of aromatic amines is 1. The molecule has 0 aliphatic carbocycles. The summed E-state index contributed by atoms with van der Waals surface area (Å²) in [5.41, 5.74) is 1.93. The molecule has 7 N–H and O–H groups in total. The number of imidazole rings is 1. The Morgan fingerprint density at radius 3 is 2.72 bits per heavy atom. The third kappa shape index (κ3) is 4.40. The summed E-state index contributed by atoms with van der Waals surface area (Å²) in [6, 6.07) is 0. The zero-order valence-corrected chi connectivity index (χ0v) is 16.2. The summed E-state index contributed by atoms with van der Waals surface area (Å²) in [5, 5.41) is 10.2. The lowest BCUT2D eigenvalue weighted by atomic mass is 9.98. The topological polar surface area (TPSA) is 232 Å². The second kappa shape index (κ2) is 7.19. The Morgan fingerprint density at radius 2 is 2.10 bits per heavy atom. The van der Waals surface area contributed by atoms with E-state index in [1.165, 1.54) is 0 Å². The molecule has 2 aromatic heterocycles. The van der Waals surface area contributed by atoms with Gasteiger partial charge < -0.3 is 30.3 Å². The number of aliphatic hydroxyl groups is 1. The number of nitrogens with one attached hydrogen (secondary N) is 1. The number of nitrogen functional groups attached to an aromatic ring is 1. The number of phosphoric acid groups is 2. The quantitative estimate of drug-likeness (QED) is 0.282. The maximum Gasteiger partial charge on any atom is 0.481 e. The number of aromatic nitrogens is 4. The molecule has 18 heteroatoms. The smallest absolute Gasteiger partial charge is 0.387 e. The van der Waals surface area contributed by atoms with Crippen LogP contribution in [0.15, 0.2) is 11.1 Å². The van der Waals surface area contributed by atoms with Crippen molar-refractivity contribution in [3.8, 4) is 0 Å². The summed E-state index contributed by atoms with van der Waals surface area (Å²) in [6.45, 7) is -0.0108. The molecule has 0 saturated carbocycles. The second-order valence-corrected chi connectivity index (χ2v) is 9.06. The Hall–Kier alpha value is -1.74. The van der Waals surface area contributed by atoms with Gasteiger partial charge in [-0.2, -0.15) is 9.29 Å². The minimum atomic E-state index is -5.36. The molecule has 29 heavy (non-hydrogen) atoms. The number of hydrogen-bond donors (Lipinski definition) is 6. The van der Waals surface area contributed by atoms with Gasteiger partial charge in [0, 0.05) is 0 Å². The molecule has 0 radical (unpaired) electrons. The number of phosphoric ester groups is 1. The number of nitrogens with zero attached hydrogens (tertiary/aromatic N) is 3. The van der Waals surface area contributed by atoms with Gasteiger partial charge in [-0.05, 0) is 6.92 Å². The highest BCUT2D eigenvalue weighted by Crippen LogP contribution is 2.58. The van der Waals surface area contributed by atoms with Crippen LogP contribution < -0.4 is 11.3 Å². The van der Waals surface area contributed by atoms with Crippen molar-refractivity contribution in [2.24, 2.45) is 0 Å². The first kappa shape index (κ1) is 22.0. The largest absolute Gasteiger partial charge is 0.481 e. The lowest BCUT2D eigenvalue weighted by molar-refractivity contribution is -0.0560. The standard InChI is InChI=1S/C11H16FN5O10P2/c1-11(12)6(18)4(2-25-29(23,24)27-28(20,21)22)26-9(11)17-3-14-5-7(17)15-10(13)16-8(5)19/h3-4,6,9,18H,2H2,1H3,(H,23,24)(H2,20,21,22)(H3,13,15,16,19)/t4-,6+,9-,11?/m1/s1. The number of ether oxygens (including phenoxy) is 1. The van der Waals surface area contributed by atoms with Crippen molar-refractivity contribution in [3.63, 3.8) is 0 Å². The van der Waals surface area contributed by atoms with Crippen LogP contribution in [0.3, 0.4) is 0 Å². The third-order valence-electron chi connectivity index (χ3n) is 4.03. The zero-order valence-electron chi connectivity index (χ0n) is 14.4. The lowest BCUT2D eigenvalue weighted by Gasteiger charge is -2.24. The molecule has 0 aromatic carbocycles. The zero-order chi connectivity index (χ0) is 21.8. The monoisotopic (exact) mass is 459 g/mol. The molecule has 0 spiro atoms. The summed E-state index contributed by atoms with van der Waals surface area (Å²) in [6.07, 6.45) is -4.06. The van der Waals surface area contributed by atoms with Crippen molar-refractivity contribution >= 4 is 32.8 Å². The molecule has 0 amide bonds. The van der Waals surface area contributed by atoms with Crippen molar-refractivity contribution in [2.45, 2.75) is 31.0 Å². The van der Waals surface area contributed by atoms with Gasteiger partial charge in [-0.15, -0.1) is 0 Å². The van der Waals surface area contributed by atoms with Crippen molar-refractivity contribution in [1.82, 2.24) is 19.5 Å². The number of anilines is 1. The average molecular weight is 459 g/mol. The molecule has 1 aliphatic heterocycles. The molecule has 2 unspecified atom stereocenters. The van der Waals surface area contributed by atoms with Crippen LogP contribution in [0.1, 0.15) is 13.2 Å². The number of fused-ring (bicyclic) bond motifs is 1. The van der Waals surface area contributed by atoms with Crippen LogP contribution in [0, 0.1) is 0 Å². The van der Waals surface area contributed by atoms with E-state index < -0.39 is 51.9 Å². The third-order valence-corrected chi connectivity index (χ3v) is 6.18. The molecule has 162 valence electrons. The fraction of sp³-hybridized carbons (Fsp3) is 0.545. The van der Waals surface area contributed by atoms with Crippen LogP contribution in [0.25, 0.3) is 11.2 Å². The van der Waals surface area contributed by atoms with E-state index in [1.54, 1.807) is 0 Å². The Bertz CT molecular complexity index is 1080. The van der Waals surface area contributed by atoms with Crippen molar-refractivity contribution in [2.75, 3.05) is 12.3 Å². The predicted molar refractivity (Wildman–Crippen MR) is 90.9 cm³/mol. The van der Waals surface area contributed by atoms with Crippen molar-refractivity contribution in [3.05, 3.63) is 16.7 Å². The number of halogens is 1. The van der Waals surface area contributed by atoms with E-state index in [0.29, 0.717) is 0 Å². The van der Waals surface area contributed by atoms with E-state index in [-0.39, 0.29) is 17.1 Å². The Labute approximate surface area is 160 Å². The molecule has 1 saturated heterocycles. The normalized spacial score (nSPS) is 29.9. The molecule has 3 heterocycles. The molecule has 0 bridgehead atoms. The van der Waals surface area contributed by atoms with Crippen LogP contribution >= 0.6 is 15.6 Å². The van der Waals surface area contributed by atoms with E-state index in [9.17, 15) is 23.9 Å². The van der Waals surface area contributed by atoms with Crippen LogP contribution in [0.2, 0.25) is 0 Å². The van der Waals surface area contributed by atoms with E-state index in [0.717, 1.165) is 17.8 Å². The molecule has 2 aromatic rings. The molecule has 15 nitrogen and oxygen atoms in total. The predicted octanol–water partition coefficient (Wildman–Crippen LogP) is -1.09. The SMILES string of the molecule is CC1(F)[C@@H](O)[C@@H](COP(=O)(O)OP(=O)(O)O)O[C@H]1n1cnc2c(=O)[nH]c(N)nc21. The Balaban J connectivity index is 1.85. The lowest BCUT2D eigenvalue weighted by Crippen LogP contribution is -2.40. The number of hydrogen-bond acceptors (Lipinski definition) is 10. The van der Waals surface area contributed by atoms with Crippen LogP contribution in [0.5, 0.6) is 0 Å². The minimum Gasteiger partial charge on any atom is -0.387 e. The van der Waals surface area contributed by atoms with Crippen LogP contribution in [-0.2, 0) is 22.7 Å². The highest BCUT2D eigenvalue weighted by atomic mass is 31.3. The molecular formula is C11H16FN5O10P2. The molecule has 5 atom stereocenters. The number of H-pyrrole nitrogens is 1. The Kier molecular flexibility index (Phi) is 5.45. The summed E-state index contributed by atoms with van der Waals surface area (Å²) in [4.78, 5) is 48.1. The molecule has 1 fully saturated rings. The van der Waals surface area contributed by atoms with Gasteiger partial charge >= 0.3 is 15.6 Å².